The van der Waals surface area contributed by atoms with Crippen LogP contribution in [0.5, 0.6) is 0 Å². The summed E-state index contributed by atoms with van der Waals surface area (Å²) in [6.07, 6.45) is 2.45. The van der Waals surface area contributed by atoms with E-state index < -0.39 is 5.97 Å². The number of hydrogen-bond acceptors (Lipinski definition) is 2. The Kier molecular flexibility index (Phi) is 3.00. The largest absolute Gasteiger partial charge is 0.481 e. The Morgan fingerprint density at radius 2 is 2.45 bits per heavy atom. The highest BCUT2D eigenvalue weighted by molar-refractivity contribution is 8.00. The molecule has 11 heavy (non-hydrogen) atoms. The first kappa shape index (κ1) is 8.65. The quantitative estimate of drug-likeness (QED) is 0.661. The SMILES string of the molecule is C=C(CC(=O)O)C1CCCS1. The highest BCUT2D eigenvalue weighted by Crippen LogP contribution is 2.32. The molecule has 0 aliphatic carbocycles. The van der Waals surface area contributed by atoms with Gasteiger partial charge in [-0.25, -0.2) is 0 Å². The van der Waals surface area contributed by atoms with E-state index in [4.69, 9.17) is 5.11 Å². The third-order valence-corrected chi connectivity index (χ3v) is 3.26. The monoisotopic (exact) mass is 172 g/mol. The van der Waals surface area contributed by atoms with Crippen LogP contribution in [0.25, 0.3) is 0 Å². The van der Waals surface area contributed by atoms with Crippen LogP contribution in [0.15, 0.2) is 12.2 Å². The molecule has 3 heteroatoms. The van der Waals surface area contributed by atoms with Gasteiger partial charge in [0.2, 0.25) is 0 Å². The van der Waals surface area contributed by atoms with Gasteiger partial charge in [-0.1, -0.05) is 12.2 Å². The third kappa shape index (κ3) is 2.58. The van der Waals surface area contributed by atoms with E-state index in [0.717, 1.165) is 17.7 Å². The van der Waals surface area contributed by atoms with Gasteiger partial charge in [0, 0.05) is 5.25 Å². The summed E-state index contributed by atoms with van der Waals surface area (Å²) in [5.74, 6) is 0.394. The Labute approximate surface area is 70.7 Å². The number of rotatable bonds is 3. The second-order valence-corrected chi connectivity index (χ2v) is 4.04. The third-order valence-electron chi connectivity index (χ3n) is 1.76. The summed E-state index contributed by atoms with van der Waals surface area (Å²) in [6.45, 7) is 3.78. The van der Waals surface area contributed by atoms with Crippen molar-refractivity contribution >= 4 is 17.7 Å². The zero-order chi connectivity index (χ0) is 8.27. The molecule has 0 bridgehead atoms. The Morgan fingerprint density at radius 1 is 1.73 bits per heavy atom. The molecule has 0 aromatic carbocycles. The summed E-state index contributed by atoms with van der Waals surface area (Å²) in [7, 11) is 0. The summed E-state index contributed by atoms with van der Waals surface area (Å²) in [6, 6.07) is 0. The average molecular weight is 172 g/mol. The van der Waals surface area contributed by atoms with Gasteiger partial charge in [-0.3, -0.25) is 4.79 Å². The lowest BCUT2D eigenvalue weighted by Gasteiger charge is -2.08. The fourth-order valence-corrected chi connectivity index (χ4v) is 2.48. The maximum absolute atomic E-state index is 10.3. The van der Waals surface area contributed by atoms with E-state index in [2.05, 4.69) is 6.58 Å². The predicted molar refractivity (Wildman–Crippen MR) is 46.9 cm³/mol. The van der Waals surface area contributed by atoms with Crippen LogP contribution >= 0.6 is 11.8 Å². The zero-order valence-electron chi connectivity index (χ0n) is 6.38. The highest BCUT2D eigenvalue weighted by atomic mass is 32.2. The molecule has 0 spiro atoms. The first-order valence-electron chi connectivity index (χ1n) is 3.71. The number of thioether (sulfide) groups is 1. The molecule has 1 aliphatic rings. The Balaban J connectivity index is 2.34. The Hall–Kier alpha value is -0.440. The lowest BCUT2D eigenvalue weighted by molar-refractivity contribution is -0.136. The van der Waals surface area contributed by atoms with Crippen molar-refractivity contribution in [3.63, 3.8) is 0 Å². The lowest BCUT2D eigenvalue weighted by atomic mass is 10.1. The van der Waals surface area contributed by atoms with E-state index in [1.807, 2.05) is 11.8 Å². The van der Waals surface area contributed by atoms with Crippen LogP contribution in [0.3, 0.4) is 0 Å². The molecule has 0 radical (unpaired) electrons. The number of carboxylic acids is 1. The molecule has 62 valence electrons. The highest BCUT2D eigenvalue weighted by Gasteiger charge is 2.19. The minimum absolute atomic E-state index is 0.137. The maximum Gasteiger partial charge on any atom is 0.307 e. The summed E-state index contributed by atoms with van der Waals surface area (Å²) in [4.78, 5) is 10.3. The Morgan fingerprint density at radius 3 is 2.91 bits per heavy atom. The average Bonchev–Trinajstić information content (AvgIpc) is 2.35. The second-order valence-electron chi connectivity index (χ2n) is 2.73. The summed E-state index contributed by atoms with van der Waals surface area (Å²) < 4.78 is 0. The molecule has 1 heterocycles. The minimum atomic E-state index is -0.762. The van der Waals surface area contributed by atoms with Crippen LogP contribution in [0, 0.1) is 0 Å². The van der Waals surface area contributed by atoms with E-state index in [0.29, 0.717) is 5.25 Å². The van der Waals surface area contributed by atoms with Gasteiger partial charge in [-0.15, -0.1) is 0 Å². The topological polar surface area (TPSA) is 37.3 Å². The maximum atomic E-state index is 10.3. The normalized spacial score (nSPS) is 23.5. The van der Waals surface area contributed by atoms with Crippen LogP contribution in [0.1, 0.15) is 19.3 Å². The molecule has 0 saturated carbocycles. The second kappa shape index (κ2) is 3.81. The van der Waals surface area contributed by atoms with Crippen molar-refractivity contribution in [2.45, 2.75) is 24.5 Å². The lowest BCUT2D eigenvalue weighted by Crippen LogP contribution is -2.06. The van der Waals surface area contributed by atoms with Crippen molar-refractivity contribution < 1.29 is 9.90 Å². The number of carboxylic acid groups (broad SMARTS) is 1. The standard InChI is InChI=1S/C8H12O2S/c1-6(5-8(9)10)7-3-2-4-11-7/h7H,1-5H2,(H,9,10). The summed E-state index contributed by atoms with van der Waals surface area (Å²) >= 11 is 1.83. The predicted octanol–water partition coefficient (Wildman–Crippen LogP) is 1.91. The molecule has 1 rings (SSSR count). The van der Waals surface area contributed by atoms with Crippen molar-refractivity contribution in [2.24, 2.45) is 0 Å². The molecule has 1 atom stereocenters. The smallest absolute Gasteiger partial charge is 0.307 e. The molecular weight excluding hydrogens is 160 g/mol. The summed E-state index contributed by atoms with van der Waals surface area (Å²) in [5, 5.41) is 8.88. The molecule has 2 nitrogen and oxygen atoms in total. The molecule has 0 aromatic rings. The van der Waals surface area contributed by atoms with Crippen molar-refractivity contribution in [1.29, 1.82) is 0 Å². The first-order chi connectivity index (χ1) is 5.20. The van der Waals surface area contributed by atoms with Crippen LogP contribution in [-0.2, 0) is 4.79 Å². The molecule has 0 aromatic heterocycles. The van der Waals surface area contributed by atoms with Gasteiger partial charge < -0.3 is 5.11 Å². The van der Waals surface area contributed by atoms with Crippen molar-refractivity contribution in [3.05, 3.63) is 12.2 Å². The van der Waals surface area contributed by atoms with Gasteiger partial charge in [0.1, 0.15) is 0 Å². The molecule has 1 N–H and O–H groups in total. The van der Waals surface area contributed by atoms with Gasteiger partial charge in [0.25, 0.3) is 0 Å². The van der Waals surface area contributed by atoms with E-state index in [9.17, 15) is 4.79 Å². The Bertz CT molecular complexity index is 171. The first-order valence-corrected chi connectivity index (χ1v) is 4.76. The van der Waals surface area contributed by atoms with Gasteiger partial charge in [-0.2, -0.15) is 11.8 Å². The molecule has 1 saturated heterocycles. The molecule has 1 fully saturated rings. The molecule has 1 unspecified atom stereocenters. The van der Waals surface area contributed by atoms with Gasteiger partial charge in [-0.05, 0) is 18.6 Å². The molecule has 0 amide bonds. The van der Waals surface area contributed by atoms with E-state index in [1.165, 1.54) is 6.42 Å². The van der Waals surface area contributed by atoms with E-state index in [1.54, 1.807) is 0 Å². The fraction of sp³-hybridized carbons (Fsp3) is 0.625. The number of carbonyl (C=O) groups is 1. The van der Waals surface area contributed by atoms with Crippen LogP contribution < -0.4 is 0 Å². The van der Waals surface area contributed by atoms with Crippen LogP contribution in [-0.4, -0.2) is 22.1 Å². The van der Waals surface area contributed by atoms with E-state index in [-0.39, 0.29) is 6.42 Å². The zero-order valence-corrected chi connectivity index (χ0v) is 7.19. The molecular formula is C8H12O2S. The van der Waals surface area contributed by atoms with Crippen LogP contribution in [0.2, 0.25) is 0 Å². The summed E-state index contributed by atoms with van der Waals surface area (Å²) in [5.41, 5.74) is 0.875. The van der Waals surface area contributed by atoms with Crippen molar-refractivity contribution in [1.82, 2.24) is 0 Å². The van der Waals surface area contributed by atoms with E-state index >= 15 is 0 Å². The number of hydrogen-bond donors (Lipinski definition) is 1. The van der Waals surface area contributed by atoms with Gasteiger partial charge in [0.05, 0.1) is 6.42 Å². The van der Waals surface area contributed by atoms with Gasteiger partial charge >= 0.3 is 5.97 Å². The fourth-order valence-electron chi connectivity index (χ4n) is 1.21. The number of aliphatic carboxylic acids is 1. The van der Waals surface area contributed by atoms with Crippen LogP contribution in [0.4, 0.5) is 0 Å². The van der Waals surface area contributed by atoms with Crippen molar-refractivity contribution in [3.8, 4) is 0 Å². The molecule has 1 aliphatic heterocycles. The minimum Gasteiger partial charge on any atom is -0.481 e. The van der Waals surface area contributed by atoms with Crippen molar-refractivity contribution in [2.75, 3.05) is 5.75 Å². The van der Waals surface area contributed by atoms with Gasteiger partial charge in [0.15, 0.2) is 0 Å².